The number of halogens is 1. The second-order valence-corrected chi connectivity index (χ2v) is 6.64. The highest BCUT2D eigenvalue weighted by atomic mass is 19.1. The zero-order chi connectivity index (χ0) is 19.8. The van der Waals surface area contributed by atoms with E-state index in [1.54, 1.807) is 6.08 Å². The lowest BCUT2D eigenvalue weighted by Crippen LogP contribution is -2.05. The van der Waals surface area contributed by atoms with Crippen LogP contribution in [0.15, 0.2) is 59.2 Å². The van der Waals surface area contributed by atoms with Gasteiger partial charge in [0.1, 0.15) is 11.6 Å². The molecule has 0 spiro atoms. The molecular weight excluding hydrogens is 357 g/mol. The molecule has 3 rings (SSSR count). The maximum Gasteiger partial charge on any atom is 0.363 e. The molecule has 2 aromatic carbocycles. The maximum absolute atomic E-state index is 13.1. The Labute approximate surface area is 164 Å². The van der Waals surface area contributed by atoms with Gasteiger partial charge in [-0.2, -0.15) is 0 Å². The number of rotatable bonds is 9. The second kappa shape index (κ2) is 9.83. The van der Waals surface area contributed by atoms with Gasteiger partial charge in [-0.15, -0.1) is 0 Å². The van der Waals surface area contributed by atoms with E-state index in [1.807, 2.05) is 24.3 Å². The Balaban J connectivity index is 1.70. The molecule has 0 fully saturated rings. The number of benzene rings is 2. The van der Waals surface area contributed by atoms with Crippen LogP contribution in [0.4, 0.5) is 4.39 Å². The molecule has 0 bridgehead atoms. The van der Waals surface area contributed by atoms with Gasteiger partial charge in [0, 0.05) is 11.1 Å². The minimum Gasteiger partial charge on any atom is -0.493 e. The van der Waals surface area contributed by atoms with E-state index in [-0.39, 0.29) is 17.4 Å². The van der Waals surface area contributed by atoms with Gasteiger partial charge in [-0.3, -0.25) is 0 Å². The molecule has 28 heavy (non-hydrogen) atoms. The average Bonchev–Trinajstić information content (AvgIpc) is 3.07. The highest BCUT2D eigenvalue weighted by molar-refractivity contribution is 6.12. The normalized spacial score (nSPS) is 14.9. The van der Waals surface area contributed by atoms with Crippen LogP contribution in [0.3, 0.4) is 0 Å². The van der Waals surface area contributed by atoms with Crippen molar-refractivity contribution in [2.75, 3.05) is 6.61 Å². The molecule has 5 heteroatoms. The van der Waals surface area contributed by atoms with Gasteiger partial charge in [0.05, 0.1) is 6.61 Å². The number of carbonyl (C=O) groups excluding carboxylic acids is 1. The zero-order valence-corrected chi connectivity index (χ0v) is 16.0. The molecule has 1 heterocycles. The summed E-state index contributed by atoms with van der Waals surface area (Å²) in [5, 5.41) is 0. The summed E-state index contributed by atoms with van der Waals surface area (Å²) in [6.45, 7) is 2.83. The van der Waals surface area contributed by atoms with Gasteiger partial charge in [0.25, 0.3) is 0 Å². The standard InChI is InChI=1S/C23H24FNO3/c1-2-3-4-5-8-15-27-21-10-7-6-9-18(21)16-20-23(26)28-22(25-20)17-11-13-19(24)14-12-17/h6-7,9-14,16H,2-5,8,15H2,1H3/b20-16-. The predicted octanol–water partition coefficient (Wildman–Crippen LogP) is 5.52. The lowest BCUT2D eigenvalue weighted by Gasteiger charge is -2.09. The fourth-order valence-electron chi connectivity index (χ4n) is 2.89. The van der Waals surface area contributed by atoms with Crippen molar-refractivity contribution in [3.8, 4) is 5.75 Å². The molecular formula is C23H24FNO3. The van der Waals surface area contributed by atoms with Crippen LogP contribution in [-0.2, 0) is 9.53 Å². The van der Waals surface area contributed by atoms with Crippen molar-refractivity contribution in [3.05, 3.63) is 71.2 Å². The average molecular weight is 381 g/mol. The SMILES string of the molecule is CCCCCCCOc1ccccc1/C=C1\N=C(c2ccc(F)cc2)OC1=O. The summed E-state index contributed by atoms with van der Waals surface area (Å²) in [5.74, 6) is -0.00630. The highest BCUT2D eigenvalue weighted by Gasteiger charge is 2.24. The lowest BCUT2D eigenvalue weighted by atomic mass is 10.1. The summed E-state index contributed by atoms with van der Waals surface area (Å²) in [6, 6.07) is 13.2. The molecule has 0 saturated carbocycles. The van der Waals surface area contributed by atoms with E-state index in [1.165, 1.54) is 43.5 Å². The smallest absolute Gasteiger partial charge is 0.363 e. The first-order valence-corrected chi connectivity index (χ1v) is 9.67. The number of unbranched alkanes of at least 4 members (excludes halogenated alkanes) is 4. The number of ether oxygens (including phenoxy) is 2. The summed E-state index contributed by atoms with van der Waals surface area (Å²) in [5.41, 5.74) is 1.51. The van der Waals surface area contributed by atoms with E-state index in [0.29, 0.717) is 17.9 Å². The van der Waals surface area contributed by atoms with Crippen LogP contribution in [-0.4, -0.2) is 18.5 Å². The quantitative estimate of drug-likeness (QED) is 0.326. The van der Waals surface area contributed by atoms with Gasteiger partial charge in [-0.1, -0.05) is 50.8 Å². The Kier molecular flexibility index (Phi) is 6.95. The summed E-state index contributed by atoms with van der Waals surface area (Å²) < 4.78 is 24.2. The van der Waals surface area contributed by atoms with Crippen LogP contribution in [0.25, 0.3) is 6.08 Å². The third-order valence-corrected chi connectivity index (χ3v) is 4.43. The van der Waals surface area contributed by atoms with Crippen molar-refractivity contribution in [3.63, 3.8) is 0 Å². The molecule has 146 valence electrons. The van der Waals surface area contributed by atoms with Gasteiger partial charge >= 0.3 is 5.97 Å². The summed E-state index contributed by atoms with van der Waals surface area (Å²) in [6.07, 6.45) is 7.49. The van der Waals surface area contributed by atoms with Gasteiger partial charge < -0.3 is 9.47 Å². The fourth-order valence-corrected chi connectivity index (χ4v) is 2.89. The van der Waals surface area contributed by atoms with Crippen molar-refractivity contribution < 1.29 is 18.7 Å². The van der Waals surface area contributed by atoms with Crippen LogP contribution in [0.2, 0.25) is 0 Å². The summed E-state index contributed by atoms with van der Waals surface area (Å²) in [7, 11) is 0. The van der Waals surface area contributed by atoms with Crippen LogP contribution in [0, 0.1) is 5.82 Å². The fraction of sp³-hybridized carbons (Fsp3) is 0.304. The molecule has 0 radical (unpaired) electrons. The largest absolute Gasteiger partial charge is 0.493 e. The molecule has 1 aliphatic rings. The first kappa shape index (κ1) is 19.8. The minimum absolute atomic E-state index is 0.172. The van der Waals surface area contributed by atoms with Crippen molar-refractivity contribution in [1.82, 2.24) is 0 Å². The first-order valence-electron chi connectivity index (χ1n) is 9.67. The Morgan fingerprint density at radius 3 is 2.57 bits per heavy atom. The Morgan fingerprint density at radius 1 is 1.04 bits per heavy atom. The van der Waals surface area contributed by atoms with Crippen LogP contribution >= 0.6 is 0 Å². The molecule has 0 aromatic heterocycles. The third-order valence-electron chi connectivity index (χ3n) is 4.43. The number of hydrogen-bond donors (Lipinski definition) is 0. The second-order valence-electron chi connectivity index (χ2n) is 6.64. The van der Waals surface area contributed by atoms with Crippen molar-refractivity contribution in [1.29, 1.82) is 0 Å². The van der Waals surface area contributed by atoms with E-state index < -0.39 is 5.97 Å². The number of para-hydroxylation sites is 1. The van der Waals surface area contributed by atoms with Gasteiger partial charge in [0.2, 0.25) is 5.90 Å². The number of cyclic esters (lactones) is 1. The topological polar surface area (TPSA) is 47.9 Å². The highest BCUT2D eigenvalue weighted by Crippen LogP contribution is 2.25. The molecule has 0 atom stereocenters. The van der Waals surface area contributed by atoms with Gasteiger partial charge in [0.15, 0.2) is 5.70 Å². The first-order chi connectivity index (χ1) is 13.7. The predicted molar refractivity (Wildman–Crippen MR) is 108 cm³/mol. The van der Waals surface area contributed by atoms with E-state index in [0.717, 1.165) is 18.4 Å². The summed E-state index contributed by atoms with van der Waals surface area (Å²) in [4.78, 5) is 16.4. The van der Waals surface area contributed by atoms with Crippen LogP contribution in [0.5, 0.6) is 5.75 Å². The van der Waals surface area contributed by atoms with E-state index in [9.17, 15) is 9.18 Å². The minimum atomic E-state index is -0.534. The van der Waals surface area contributed by atoms with Crippen LogP contribution in [0.1, 0.15) is 50.2 Å². The molecule has 0 saturated heterocycles. The molecule has 4 nitrogen and oxygen atoms in total. The maximum atomic E-state index is 13.1. The molecule has 0 aliphatic carbocycles. The van der Waals surface area contributed by atoms with E-state index in [4.69, 9.17) is 9.47 Å². The van der Waals surface area contributed by atoms with E-state index in [2.05, 4.69) is 11.9 Å². The lowest BCUT2D eigenvalue weighted by molar-refractivity contribution is -0.129. The number of aliphatic imine (C=N–C) groups is 1. The van der Waals surface area contributed by atoms with Crippen molar-refractivity contribution in [2.45, 2.75) is 39.0 Å². The number of carbonyl (C=O) groups is 1. The van der Waals surface area contributed by atoms with Gasteiger partial charge in [-0.25, -0.2) is 14.2 Å². The Morgan fingerprint density at radius 2 is 1.79 bits per heavy atom. The van der Waals surface area contributed by atoms with Crippen LogP contribution < -0.4 is 4.74 Å². The Bertz CT molecular complexity index is 872. The summed E-state index contributed by atoms with van der Waals surface area (Å²) >= 11 is 0. The zero-order valence-electron chi connectivity index (χ0n) is 16.0. The number of esters is 1. The van der Waals surface area contributed by atoms with Gasteiger partial charge in [-0.05, 0) is 42.8 Å². The molecule has 1 aliphatic heterocycles. The number of hydrogen-bond acceptors (Lipinski definition) is 4. The van der Waals surface area contributed by atoms with Crippen molar-refractivity contribution in [2.24, 2.45) is 4.99 Å². The number of nitrogens with zero attached hydrogens (tertiary/aromatic N) is 1. The monoisotopic (exact) mass is 381 g/mol. The molecule has 0 amide bonds. The third kappa shape index (κ3) is 5.28. The van der Waals surface area contributed by atoms with Crippen molar-refractivity contribution >= 4 is 17.9 Å². The van der Waals surface area contributed by atoms with E-state index >= 15 is 0 Å². The Hall–Kier alpha value is -2.95. The molecule has 0 N–H and O–H groups in total. The molecule has 2 aromatic rings. The molecule has 0 unspecified atom stereocenters.